The van der Waals surface area contributed by atoms with Crippen LogP contribution in [0.4, 0.5) is 8.78 Å². The maximum atomic E-state index is 11.6. The summed E-state index contributed by atoms with van der Waals surface area (Å²) < 4.78 is 27.9. The molecule has 1 nitrogen and oxygen atoms in total. The molecule has 0 heterocycles. The predicted molar refractivity (Wildman–Crippen MR) is 49.6 cm³/mol. The Hall–Kier alpha value is -0.600. The first kappa shape index (κ1) is 12.4. The van der Waals surface area contributed by atoms with Crippen molar-refractivity contribution in [3.63, 3.8) is 0 Å². The van der Waals surface area contributed by atoms with Crippen molar-refractivity contribution in [1.29, 1.82) is 0 Å². The van der Waals surface area contributed by atoms with Crippen LogP contribution >= 0.6 is 0 Å². The summed E-state index contributed by atoms with van der Waals surface area (Å²) in [6, 6.07) is 0. The molecule has 0 amide bonds. The van der Waals surface area contributed by atoms with Crippen LogP contribution in [0, 0.1) is 5.92 Å². The van der Waals surface area contributed by atoms with Crippen molar-refractivity contribution in [2.24, 2.45) is 5.92 Å². The van der Waals surface area contributed by atoms with Crippen molar-refractivity contribution in [3.8, 4) is 0 Å². The molecule has 13 heavy (non-hydrogen) atoms. The van der Waals surface area contributed by atoms with Gasteiger partial charge in [-0.15, -0.1) is 0 Å². The number of hydrogen-bond acceptors (Lipinski definition) is 1. The van der Waals surface area contributed by atoms with E-state index in [1.54, 1.807) is 0 Å². The first-order valence-corrected chi connectivity index (χ1v) is 4.83. The predicted octanol–water partition coefficient (Wildman–Crippen LogP) is 3.96. The molecule has 1 atom stereocenters. The van der Waals surface area contributed by atoms with Gasteiger partial charge in [0, 0.05) is 0 Å². The zero-order chi connectivity index (χ0) is 10.1. The average molecular weight is 192 g/mol. The number of halogens is 2. The van der Waals surface area contributed by atoms with Crippen LogP contribution in [0.15, 0.2) is 12.3 Å². The highest BCUT2D eigenvalue weighted by atomic mass is 19.3. The number of rotatable bonds is 7. The standard InChI is InChI=1S/C10H18F2O/c1-3-5-6-9(4-2)7-13-8-10(11)12/h8-9H,3-7H2,1-2H3. The van der Waals surface area contributed by atoms with Gasteiger partial charge >= 0.3 is 6.08 Å². The van der Waals surface area contributed by atoms with Crippen LogP contribution in [0.3, 0.4) is 0 Å². The quantitative estimate of drug-likeness (QED) is 0.555. The Morgan fingerprint density at radius 1 is 1.38 bits per heavy atom. The summed E-state index contributed by atoms with van der Waals surface area (Å²) in [6.07, 6.45) is 3.11. The molecule has 0 aliphatic carbocycles. The summed E-state index contributed by atoms with van der Waals surface area (Å²) >= 11 is 0. The first-order valence-electron chi connectivity index (χ1n) is 4.83. The molecule has 0 rings (SSSR count). The van der Waals surface area contributed by atoms with Gasteiger partial charge in [-0.2, -0.15) is 8.78 Å². The molecule has 0 saturated heterocycles. The summed E-state index contributed by atoms with van der Waals surface area (Å²) in [5, 5.41) is 0. The molecule has 1 unspecified atom stereocenters. The maximum absolute atomic E-state index is 11.6. The van der Waals surface area contributed by atoms with Crippen LogP contribution in [0.5, 0.6) is 0 Å². The first-order chi connectivity index (χ1) is 6.20. The molecule has 0 N–H and O–H groups in total. The van der Waals surface area contributed by atoms with Crippen LogP contribution in [-0.4, -0.2) is 6.61 Å². The molecular formula is C10H18F2O. The highest BCUT2D eigenvalue weighted by Gasteiger charge is 2.05. The Balaban J connectivity index is 3.53. The van der Waals surface area contributed by atoms with Crippen LogP contribution < -0.4 is 0 Å². The van der Waals surface area contributed by atoms with Crippen LogP contribution in [-0.2, 0) is 4.74 Å². The second-order valence-electron chi connectivity index (χ2n) is 3.16. The number of ether oxygens (including phenoxy) is 1. The molecular weight excluding hydrogens is 174 g/mol. The average Bonchev–Trinajstić information content (AvgIpc) is 2.10. The van der Waals surface area contributed by atoms with E-state index in [4.69, 9.17) is 4.74 Å². The van der Waals surface area contributed by atoms with E-state index in [9.17, 15) is 8.78 Å². The fourth-order valence-electron chi connectivity index (χ4n) is 1.15. The smallest absolute Gasteiger partial charge is 0.304 e. The van der Waals surface area contributed by atoms with E-state index >= 15 is 0 Å². The van der Waals surface area contributed by atoms with Gasteiger partial charge in [-0.05, 0) is 12.3 Å². The van der Waals surface area contributed by atoms with Gasteiger partial charge in [0.1, 0.15) is 6.26 Å². The van der Waals surface area contributed by atoms with Gasteiger partial charge in [-0.1, -0.05) is 33.1 Å². The molecule has 0 aliphatic heterocycles. The van der Waals surface area contributed by atoms with Crippen molar-refractivity contribution in [1.82, 2.24) is 0 Å². The summed E-state index contributed by atoms with van der Waals surface area (Å²) in [6.45, 7) is 4.59. The SMILES string of the molecule is CCCCC(CC)COC=C(F)F. The highest BCUT2D eigenvalue weighted by Crippen LogP contribution is 2.13. The molecule has 0 fully saturated rings. The minimum absolute atomic E-state index is 0.411. The zero-order valence-corrected chi connectivity index (χ0v) is 8.35. The Morgan fingerprint density at radius 2 is 2.08 bits per heavy atom. The molecule has 78 valence electrons. The summed E-state index contributed by atoms with van der Waals surface area (Å²) in [5.74, 6) is 0.413. The topological polar surface area (TPSA) is 9.23 Å². The van der Waals surface area contributed by atoms with E-state index in [1.807, 2.05) is 0 Å². The van der Waals surface area contributed by atoms with Crippen molar-refractivity contribution in [2.45, 2.75) is 39.5 Å². The lowest BCUT2D eigenvalue weighted by atomic mass is 10.0. The van der Waals surface area contributed by atoms with E-state index in [0.29, 0.717) is 18.8 Å². The van der Waals surface area contributed by atoms with Gasteiger partial charge in [0.2, 0.25) is 0 Å². The van der Waals surface area contributed by atoms with Crippen LogP contribution in [0.1, 0.15) is 39.5 Å². The van der Waals surface area contributed by atoms with Crippen molar-refractivity contribution < 1.29 is 13.5 Å². The molecule has 0 saturated carbocycles. The fraction of sp³-hybridized carbons (Fsp3) is 0.800. The normalized spacial score (nSPS) is 12.3. The van der Waals surface area contributed by atoms with Crippen molar-refractivity contribution in [2.75, 3.05) is 6.61 Å². The van der Waals surface area contributed by atoms with E-state index in [2.05, 4.69) is 13.8 Å². The molecule has 0 aliphatic rings. The van der Waals surface area contributed by atoms with E-state index in [1.165, 1.54) is 0 Å². The monoisotopic (exact) mass is 192 g/mol. The summed E-state index contributed by atoms with van der Waals surface area (Å²) in [4.78, 5) is 0. The zero-order valence-electron chi connectivity index (χ0n) is 8.35. The van der Waals surface area contributed by atoms with E-state index in [0.717, 1.165) is 25.7 Å². The van der Waals surface area contributed by atoms with Gasteiger partial charge in [0.05, 0.1) is 6.61 Å². The highest BCUT2D eigenvalue weighted by molar-refractivity contribution is 4.70. The summed E-state index contributed by atoms with van der Waals surface area (Å²) in [7, 11) is 0. The molecule has 3 heteroatoms. The minimum atomic E-state index is -1.76. The molecule has 0 aromatic carbocycles. The Kier molecular flexibility index (Phi) is 7.65. The molecule has 0 aromatic rings. The van der Waals surface area contributed by atoms with Gasteiger partial charge < -0.3 is 4.74 Å². The lowest BCUT2D eigenvalue weighted by Gasteiger charge is -2.12. The lowest BCUT2D eigenvalue weighted by molar-refractivity contribution is 0.169. The second kappa shape index (κ2) is 8.02. The number of unbranched alkanes of at least 4 members (excludes halogenated alkanes) is 1. The molecule has 0 bridgehead atoms. The lowest BCUT2D eigenvalue weighted by Crippen LogP contribution is -2.06. The van der Waals surface area contributed by atoms with E-state index < -0.39 is 6.08 Å². The Bertz CT molecular complexity index is 142. The van der Waals surface area contributed by atoms with Crippen molar-refractivity contribution >= 4 is 0 Å². The third kappa shape index (κ3) is 7.75. The van der Waals surface area contributed by atoms with Gasteiger partial charge in [0.25, 0.3) is 0 Å². The maximum Gasteiger partial charge on any atom is 0.304 e. The Morgan fingerprint density at radius 3 is 2.54 bits per heavy atom. The molecule has 0 spiro atoms. The van der Waals surface area contributed by atoms with E-state index in [-0.39, 0.29) is 0 Å². The summed E-state index contributed by atoms with van der Waals surface area (Å²) in [5.41, 5.74) is 0. The van der Waals surface area contributed by atoms with Crippen molar-refractivity contribution in [3.05, 3.63) is 12.3 Å². The van der Waals surface area contributed by atoms with Gasteiger partial charge in [-0.25, -0.2) is 0 Å². The fourth-order valence-corrected chi connectivity index (χ4v) is 1.15. The largest absolute Gasteiger partial charge is 0.495 e. The van der Waals surface area contributed by atoms with Crippen LogP contribution in [0.25, 0.3) is 0 Å². The molecule has 0 aromatic heterocycles. The number of hydrogen-bond donors (Lipinski definition) is 0. The Labute approximate surface area is 78.8 Å². The van der Waals surface area contributed by atoms with Gasteiger partial charge in [0.15, 0.2) is 0 Å². The second-order valence-corrected chi connectivity index (χ2v) is 3.16. The van der Waals surface area contributed by atoms with Gasteiger partial charge in [-0.3, -0.25) is 0 Å². The third-order valence-electron chi connectivity index (χ3n) is 2.05. The minimum Gasteiger partial charge on any atom is -0.495 e. The molecule has 0 radical (unpaired) electrons. The third-order valence-corrected chi connectivity index (χ3v) is 2.05. The van der Waals surface area contributed by atoms with Crippen LogP contribution in [0.2, 0.25) is 0 Å².